The zero-order chi connectivity index (χ0) is 18.7. The normalized spacial score (nSPS) is 28.9. The molecule has 0 amide bonds. The van der Waals surface area contributed by atoms with Crippen LogP contribution in [0, 0.1) is 5.92 Å². The van der Waals surface area contributed by atoms with Gasteiger partial charge in [-0.3, -0.25) is 9.36 Å². The standard InChI is InChI=1S/C14H20N6O6/c15-13-17-10-7(11(24)20(13)16)18(3-5-1-2-5)14(25)19(10)12-9(23)8(22)6(4-21)26-12/h5-6,8-9,12,21-23H,1-4,16H2,(H2,15,17)/t6-,8+,9-,12-/m1/s1. The van der Waals surface area contributed by atoms with Crippen molar-refractivity contribution in [3.05, 3.63) is 20.8 Å². The average molecular weight is 368 g/mol. The minimum atomic E-state index is -1.49. The Balaban J connectivity index is 1.96. The van der Waals surface area contributed by atoms with Gasteiger partial charge in [-0.15, -0.1) is 0 Å². The smallest absolute Gasteiger partial charge is 0.332 e. The van der Waals surface area contributed by atoms with Gasteiger partial charge in [-0.25, -0.2) is 9.36 Å². The van der Waals surface area contributed by atoms with E-state index >= 15 is 0 Å². The van der Waals surface area contributed by atoms with Crippen molar-refractivity contribution < 1.29 is 20.1 Å². The molecule has 26 heavy (non-hydrogen) atoms. The van der Waals surface area contributed by atoms with E-state index in [1.807, 2.05) is 0 Å². The molecule has 142 valence electrons. The van der Waals surface area contributed by atoms with Gasteiger partial charge >= 0.3 is 5.69 Å². The Hall–Kier alpha value is -2.41. The second-order valence-electron chi connectivity index (χ2n) is 6.75. The Morgan fingerprint density at radius 1 is 1.23 bits per heavy atom. The zero-order valence-corrected chi connectivity index (χ0v) is 13.7. The molecule has 2 aromatic rings. The number of nitrogens with zero attached hydrogens (tertiary/aromatic N) is 4. The average Bonchev–Trinajstić information content (AvgIpc) is 3.34. The Kier molecular flexibility index (Phi) is 3.80. The third-order valence-corrected chi connectivity index (χ3v) is 4.94. The van der Waals surface area contributed by atoms with Crippen molar-refractivity contribution >= 4 is 17.1 Å². The minimum absolute atomic E-state index is 0.0451. The first-order valence-electron chi connectivity index (χ1n) is 8.26. The molecule has 0 spiro atoms. The molecule has 0 bridgehead atoms. The number of anilines is 1. The first-order valence-corrected chi connectivity index (χ1v) is 8.26. The molecular weight excluding hydrogens is 348 g/mol. The van der Waals surface area contributed by atoms with Crippen LogP contribution in [-0.4, -0.2) is 59.0 Å². The third-order valence-electron chi connectivity index (χ3n) is 4.94. The quantitative estimate of drug-likeness (QED) is 0.344. The van der Waals surface area contributed by atoms with Gasteiger partial charge in [0.15, 0.2) is 17.4 Å². The van der Waals surface area contributed by atoms with Crippen LogP contribution in [0.15, 0.2) is 9.59 Å². The Morgan fingerprint density at radius 3 is 2.50 bits per heavy atom. The maximum Gasteiger partial charge on any atom is 0.332 e. The van der Waals surface area contributed by atoms with E-state index in [1.165, 1.54) is 4.57 Å². The highest BCUT2D eigenvalue weighted by Crippen LogP contribution is 2.33. The van der Waals surface area contributed by atoms with Gasteiger partial charge in [0.05, 0.1) is 6.61 Å². The van der Waals surface area contributed by atoms with Gasteiger partial charge in [0.25, 0.3) is 5.56 Å². The van der Waals surface area contributed by atoms with Gasteiger partial charge in [0.1, 0.15) is 18.3 Å². The topological polar surface area (TPSA) is 184 Å². The lowest BCUT2D eigenvalue weighted by Crippen LogP contribution is -2.36. The van der Waals surface area contributed by atoms with Crippen molar-refractivity contribution in [1.29, 1.82) is 0 Å². The first-order chi connectivity index (χ1) is 12.3. The van der Waals surface area contributed by atoms with E-state index in [2.05, 4.69) is 4.98 Å². The number of nitrogens with two attached hydrogens (primary N) is 2. The van der Waals surface area contributed by atoms with Crippen LogP contribution in [0.3, 0.4) is 0 Å². The van der Waals surface area contributed by atoms with E-state index < -0.39 is 42.4 Å². The van der Waals surface area contributed by atoms with Gasteiger partial charge in [-0.1, -0.05) is 0 Å². The lowest BCUT2D eigenvalue weighted by Gasteiger charge is -2.16. The van der Waals surface area contributed by atoms with Crippen LogP contribution in [0.1, 0.15) is 19.1 Å². The van der Waals surface area contributed by atoms with E-state index in [9.17, 15) is 24.9 Å². The molecule has 0 unspecified atom stereocenters. The van der Waals surface area contributed by atoms with Crippen molar-refractivity contribution in [3.63, 3.8) is 0 Å². The molecule has 1 saturated carbocycles. The number of ether oxygens (including phenoxy) is 1. The Bertz CT molecular complexity index is 975. The van der Waals surface area contributed by atoms with Crippen LogP contribution in [0.4, 0.5) is 5.95 Å². The number of fused-ring (bicyclic) bond motifs is 1. The van der Waals surface area contributed by atoms with E-state index in [0.717, 1.165) is 17.4 Å². The molecule has 2 aromatic heterocycles. The fraction of sp³-hybridized carbons (Fsp3) is 0.643. The summed E-state index contributed by atoms with van der Waals surface area (Å²) in [5, 5.41) is 29.5. The highest BCUT2D eigenvalue weighted by atomic mass is 16.6. The summed E-state index contributed by atoms with van der Waals surface area (Å²) < 4.78 is 8.31. The summed E-state index contributed by atoms with van der Waals surface area (Å²) in [7, 11) is 0. The predicted octanol–water partition coefficient (Wildman–Crippen LogP) is -3.32. The van der Waals surface area contributed by atoms with Crippen molar-refractivity contribution in [2.24, 2.45) is 5.92 Å². The molecule has 1 saturated heterocycles. The van der Waals surface area contributed by atoms with Crippen molar-refractivity contribution in [2.75, 3.05) is 18.2 Å². The molecule has 12 nitrogen and oxygen atoms in total. The van der Waals surface area contributed by atoms with E-state index in [0.29, 0.717) is 11.2 Å². The van der Waals surface area contributed by atoms with Crippen LogP contribution in [0.2, 0.25) is 0 Å². The summed E-state index contributed by atoms with van der Waals surface area (Å²) >= 11 is 0. The molecule has 2 aliphatic rings. The highest BCUT2D eigenvalue weighted by Gasteiger charge is 2.45. The number of imidazole rings is 1. The molecule has 7 N–H and O–H groups in total. The molecule has 4 rings (SSSR count). The number of rotatable bonds is 4. The summed E-state index contributed by atoms with van der Waals surface area (Å²) in [6, 6.07) is 0. The van der Waals surface area contributed by atoms with E-state index in [4.69, 9.17) is 16.3 Å². The molecule has 3 heterocycles. The van der Waals surface area contributed by atoms with E-state index in [-0.39, 0.29) is 23.0 Å². The Morgan fingerprint density at radius 2 is 1.92 bits per heavy atom. The molecule has 2 fully saturated rings. The van der Waals surface area contributed by atoms with Crippen LogP contribution in [0.25, 0.3) is 11.2 Å². The fourth-order valence-electron chi connectivity index (χ4n) is 3.30. The van der Waals surface area contributed by atoms with Crippen molar-refractivity contribution in [3.8, 4) is 0 Å². The molecular formula is C14H20N6O6. The van der Waals surface area contributed by atoms with Crippen LogP contribution in [-0.2, 0) is 11.3 Å². The maximum atomic E-state index is 13.0. The monoisotopic (exact) mass is 368 g/mol. The largest absolute Gasteiger partial charge is 0.394 e. The number of hydrogen-bond acceptors (Lipinski definition) is 9. The van der Waals surface area contributed by atoms with Crippen LogP contribution < -0.4 is 22.8 Å². The lowest BCUT2D eigenvalue weighted by molar-refractivity contribution is -0.0528. The summed E-state index contributed by atoms with van der Waals surface area (Å²) in [5.74, 6) is 5.56. The Labute approximate surface area is 145 Å². The number of aromatic nitrogens is 4. The summed E-state index contributed by atoms with van der Waals surface area (Å²) in [4.78, 5) is 29.6. The van der Waals surface area contributed by atoms with Gasteiger partial charge in [-0.05, 0) is 18.8 Å². The number of nitrogen functional groups attached to an aromatic ring is 2. The molecule has 0 aromatic carbocycles. The minimum Gasteiger partial charge on any atom is -0.394 e. The number of aliphatic hydroxyl groups excluding tert-OH is 3. The fourth-order valence-corrected chi connectivity index (χ4v) is 3.30. The second kappa shape index (κ2) is 5.81. The molecule has 12 heteroatoms. The number of aliphatic hydroxyl groups is 3. The van der Waals surface area contributed by atoms with Gasteiger partial charge in [0, 0.05) is 6.54 Å². The molecule has 4 atom stereocenters. The first kappa shape index (κ1) is 17.0. The van der Waals surface area contributed by atoms with Crippen molar-refractivity contribution in [2.45, 2.75) is 43.9 Å². The third kappa shape index (κ3) is 2.34. The molecule has 0 radical (unpaired) electrons. The van der Waals surface area contributed by atoms with Gasteiger partial charge in [0.2, 0.25) is 5.95 Å². The van der Waals surface area contributed by atoms with Crippen molar-refractivity contribution in [1.82, 2.24) is 18.8 Å². The maximum absolute atomic E-state index is 13.0. The summed E-state index contributed by atoms with van der Waals surface area (Å²) in [6.45, 7) is -0.243. The van der Waals surface area contributed by atoms with E-state index in [1.54, 1.807) is 0 Å². The van der Waals surface area contributed by atoms with Gasteiger partial charge in [-0.2, -0.15) is 9.66 Å². The zero-order valence-electron chi connectivity index (χ0n) is 13.7. The molecule has 1 aliphatic heterocycles. The predicted molar refractivity (Wildman–Crippen MR) is 88.5 cm³/mol. The number of hydrogen-bond donors (Lipinski definition) is 5. The van der Waals surface area contributed by atoms with Crippen LogP contribution in [0.5, 0.6) is 0 Å². The summed E-state index contributed by atoms with van der Waals surface area (Å²) in [5.41, 5.74) is 4.19. The highest BCUT2D eigenvalue weighted by molar-refractivity contribution is 5.72. The second-order valence-corrected chi connectivity index (χ2v) is 6.75. The SMILES string of the molecule is Nc1nc2c(c(=O)n1N)n(CC1CC1)c(=O)n2[C@@H]1O[C@H](CO)[C@H](O)[C@H]1O. The lowest BCUT2D eigenvalue weighted by atomic mass is 10.1. The van der Waals surface area contributed by atoms with Crippen LogP contribution >= 0.6 is 0 Å². The molecule has 1 aliphatic carbocycles. The summed E-state index contributed by atoms with van der Waals surface area (Å²) in [6.07, 6.45) is -3.41. The van der Waals surface area contributed by atoms with Gasteiger partial charge < -0.3 is 31.6 Å².